The third-order valence-electron chi connectivity index (χ3n) is 5.05. The molecule has 1 amide bonds. The molecule has 11 heteroatoms. The number of nitrogens with one attached hydrogen (secondary N) is 1. The number of hydrogen-bond acceptors (Lipinski definition) is 7. The summed E-state index contributed by atoms with van der Waals surface area (Å²) in [5, 5.41) is 2.56. The quantitative estimate of drug-likeness (QED) is 0.496. The molecule has 0 radical (unpaired) electrons. The van der Waals surface area contributed by atoms with Crippen LogP contribution in [0.25, 0.3) is 0 Å². The lowest BCUT2D eigenvalue weighted by atomic mass is 10.2. The first-order chi connectivity index (χ1) is 16.8. The van der Waals surface area contributed by atoms with Crippen molar-refractivity contribution in [3.8, 4) is 11.5 Å². The van der Waals surface area contributed by atoms with Gasteiger partial charge in [-0.1, -0.05) is 12.1 Å². The van der Waals surface area contributed by atoms with Crippen LogP contribution < -0.4 is 19.1 Å². The van der Waals surface area contributed by atoms with Crippen molar-refractivity contribution in [3.05, 3.63) is 78.1 Å². The van der Waals surface area contributed by atoms with E-state index in [-0.39, 0.29) is 34.2 Å². The molecule has 9 nitrogen and oxygen atoms in total. The van der Waals surface area contributed by atoms with Crippen LogP contribution in [-0.4, -0.2) is 47.2 Å². The molecule has 4 rings (SSSR count). The Morgan fingerprint density at radius 2 is 1.74 bits per heavy atom. The van der Waals surface area contributed by atoms with Crippen molar-refractivity contribution in [3.63, 3.8) is 0 Å². The summed E-state index contributed by atoms with van der Waals surface area (Å²) in [6, 6.07) is 15.0. The van der Waals surface area contributed by atoms with Gasteiger partial charge < -0.3 is 19.5 Å². The summed E-state index contributed by atoms with van der Waals surface area (Å²) in [5.41, 5.74) is 0.420. The smallest absolute Gasteiger partial charge is 0.337 e. The Morgan fingerprint density at radius 3 is 2.49 bits per heavy atom. The fourth-order valence-corrected chi connectivity index (χ4v) is 4.86. The molecule has 3 aromatic rings. The highest BCUT2D eigenvalue weighted by molar-refractivity contribution is 7.92. The number of rotatable bonds is 7. The van der Waals surface area contributed by atoms with E-state index in [0.717, 1.165) is 16.4 Å². The number of carbonyl (C=O) groups excluding carboxylic acids is 2. The second-order valence-corrected chi connectivity index (χ2v) is 9.28. The van der Waals surface area contributed by atoms with Crippen LogP contribution in [0.15, 0.2) is 71.6 Å². The number of ether oxygens (including phenoxy) is 3. The van der Waals surface area contributed by atoms with Crippen molar-refractivity contribution in [1.29, 1.82) is 0 Å². The van der Waals surface area contributed by atoms with Crippen molar-refractivity contribution in [1.82, 2.24) is 0 Å². The zero-order valence-electron chi connectivity index (χ0n) is 18.6. The van der Waals surface area contributed by atoms with Gasteiger partial charge in [-0.2, -0.15) is 0 Å². The minimum absolute atomic E-state index is 0.0432. The van der Waals surface area contributed by atoms with Gasteiger partial charge >= 0.3 is 5.97 Å². The summed E-state index contributed by atoms with van der Waals surface area (Å²) < 4.78 is 57.5. The van der Waals surface area contributed by atoms with Crippen molar-refractivity contribution in [2.24, 2.45) is 0 Å². The number of esters is 1. The van der Waals surface area contributed by atoms with Crippen LogP contribution in [0.5, 0.6) is 11.5 Å². The number of amides is 1. The first-order valence-corrected chi connectivity index (χ1v) is 11.9. The highest BCUT2D eigenvalue weighted by Crippen LogP contribution is 2.34. The van der Waals surface area contributed by atoms with E-state index < -0.39 is 34.3 Å². The number of fused-ring (bicyclic) bond motifs is 1. The molecule has 0 spiro atoms. The number of methoxy groups -OCH3 is 1. The summed E-state index contributed by atoms with van der Waals surface area (Å²) in [5.74, 6) is -1.33. The van der Waals surface area contributed by atoms with Crippen molar-refractivity contribution in [2.45, 2.75) is 4.90 Å². The van der Waals surface area contributed by atoms with Gasteiger partial charge in [0.25, 0.3) is 10.0 Å². The lowest BCUT2D eigenvalue weighted by Gasteiger charge is -2.25. The number of halogens is 1. The van der Waals surface area contributed by atoms with E-state index in [1.165, 1.54) is 61.7 Å². The second kappa shape index (κ2) is 10.0. The molecule has 1 aliphatic rings. The van der Waals surface area contributed by atoms with Gasteiger partial charge in [0.05, 0.1) is 23.3 Å². The topological polar surface area (TPSA) is 111 Å². The van der Waals surface area contributed by atoms with E-state index in [0.29, 0.717) is 12.4 Å². The van der Waals surface area contributed by atoms with Crippen LogP contribution in [0.3, 0.4) is 0 Å². The van der Waals surface area contributed by atoms with Gasteiger partial charge in [-0.3, -0.25) is 9.10 Å². The molecule has 1 aliphatic heterocycles. The highest BCUT2D eigenvalue weighted by atomic mass is 32.2. The molecule has 0 saturated carbocycles. The van der Waals surface area contributed by atoms with Gasteiger partial charge in [-0.05, 0) is 48.5 Å². The standard InChI is InChI=1S/C24H21FN2O7S/c1-32-24(29)16-4-2-6-18(12-16)26-23(28)15-27(19-7-3-5-17(25)13-19)35(30,31)20-8-9-21-22(14-20)34-11-10-33-21/h2-9,12-14H,10-11,15H2,1H3,(H,26,28). The summed E-state index contributed by atoms with van der Waals surface area (Å²) >= 11 is 0. The molecule has 0 bridgehead atoms. The molecule has 3 aromatic carbocycles. The Labute approximate surface area is 201 Å². The first kappa shape index (κ1) is 24.0. The van der Waals surface area contributed by atoms with Gasteiger partial charge in [-0.15, -0.1) is 0 Å². The van der Waals surface area contributed by atoms with E-state index in [1.54, 1.807) is 0 Å². The third-order valence-corrected chi connectivity index (χ3v) is 6.82. The molecule has 1 heterocycles. The molecule has 0 aromatic heterocycles. The minimum Gasteiger partial charge on any atom is -0.486 e. The number of anilines is 2. The lowest BCUT2D eigenvalue weighted by molar-refractivity contribution is -0.114. The number of sulfonamides is 1. The van der Waals surface area contributed by atoms with Crippen molar-refractivity contribution >= 4 is 33.3 Å². The van der Waals surface area contributed by atoms with E-state index >= 15 is 0 Å². The molecule has 0 fully saturated rings. The molecular weight excluding hydrogens is 479 g/mol. The molecular formula is C24H21FN2O7S. The second-order valence-electron chi connectivity index (χ2n) is 7.42. The van der Waals surface area contributed by atoms with Crippen molar-refractivity contribution in [2.75, 3.05) is 36.5 Å². The fourth-order valence-electron chi connectivity index (χ4n) is 3.43. The van der Waals surface area contributed by atoms with Crippen LogP contribution in [0.2, 0.25) is 0 Å². The zero-order chi connectivity index (χ0) is 25.0. The van der Waals surface area contributed by atoms with E-state index in [2.05, 4.69) is 10.1 Å². The Hall–Kier alpha value is -4.12. The normalized spacial score (nSPS) is 12.5. The third kappa shape index (κ3) is 5.35. The molecule has 182 valence electrons. The zero-order valence-corrected chi connectivity index (χ0v) is 19.4. The molecule has 0 aliphatic carbocycles. The average Bonchev–Trinajstić information content (AvgIpc) is 2.86. The summed E-state index contributed by atoms with van der Waals surface area (Å²) in [7, 11) is -3.09. The van der Waals surface area contributed by atoms with Crippen LogP contribution in [0.4, 0.5) is 15.8 Å². The maximum atomic E-state index is 14.0. The van der Waals surface area contributed by atoms with Gasteiger partial charge in [0, 0.05) is 11.8 Å². The molecule has 0 atom stereocenters. The number of carbonyl (C=O) groups is 2. The minimum atomic E-state index is -4.32. The molecule has 0 saturated heterocycles. The summed E-state index contributed by atoms with van der Waals surface area (Å²) in [6.07, 6.45) is 0. The van der Waals surface area contributed by atoms with Crippen LogP contribution in [0, 0.1) is 5.82 Å². The number of benzene rings is 3. The predicted octanol–water partition coefficient (Wildman–Crippen LogP) is 3.22. The molecule has 35 heavy (non-hydrogen) atoms. The van der Waals surface area contributed by atoms with Gasteiger partial charge in [0.15, 0.2) is 11.5 Å². The Kier molecular flexibility index (Phi) is 6.87. The maximum absolute atomic E-state index is 14.0. The maximum Gasteiger partial charge on any atom is 0.337 e. The lowest BCUT2D eigenvalue weighted by Crippen LogP contribution is -2.38. The number of nitrogens with zero attached hydrogens (tertiary/aromatic N) is 1. The summed E-state index contributed by atoms with van der Waals surface area (Å²) in [4.78, 5) is 24.5. The van der Waals surface area contributed by atoms with E-state index in [1.807, 2.05) is 0 Å². The Bertz CT molecular complexity index is 1380. The predicted molar refractivity (Wildman–Crippen MR) is 125 cm³/mol. The van der Waals surface area contributed by atoms with Crippen LogP contribution in [-0.2, 0) is 19.6 Å². The SMILES string of the molecule is COC(=O)c1cccc(NC(=O)CN(c2cccc(F)c2)S(=O)(=O)c2ccc3c(c2)OCCO3)c1. The van der Waals surface area contributed by atoms with Gasteiger partial charge in [0.2, 0.25) is 5.91 Å². The van der Waals surface area contributed by atoms with E-state index in [4.69, 9.17) is 9.47 Å². The monoisotopic (exact) mass is 500 g/mol. The van der Waals surface area contributed by atoms with Gasteiger partial charge in [-0.25, -0.2) is 17.6 Å². The van der Waals surface area contributed by atoms with Gasteiger partial charge in [0.1, 0.15) is 25.6 Å². The molecule has 0 unspecified atom stereocenters. The summed E-state index contributed by atoms with van der Waals surface area (Å²) in [6.45, 7) is -0.0638. The number of hydrogen-bond donors (Lipinski definition) is 1. The highest BCUT2D eigenvalue weighted by Gasteiger charge is 2.29. The van der Waals surface area contributed by atoms with Crippen molar-refractivity contribution < 1.29 is 36.6 Å². The first-order valence-electron chi connectivity index (χ1n) is 10.4. The fraction of sp³-hybridized carbons (Fsp3) is 0.167. The Balaban J connectivity index is 1.65. The van der Waals surface area contributed by atoms with E-state index in [9.17, 15) is 22.4 Å². The largest absolute Gasteiger partial charge is 0.486 e. The molecule has 1 N–H and O–H groups in total. The average molecular weight is 501 g/mol. The van der Waals surface area contributed by atoms with Crippen LogP contribution >= 0.6 is 0 Å². The Morgan fingerprint density at radius 1 is 1.00 bits per heavy atom. The van der Waals surface area contributed by atoms with Crippen LogP contribution in [0.1, 0.15) is 10.4 Å².